The van der Waals surface area contributed by atoms with Crippen LogP contribution < -0.4 is 0 Å². The first-order valence-corrected chi connectivity index (χ1v) is 7.21. The second-order valence-electron chi connectivity index (χ2n) is 3.66. The molecule has 1 N–H and O–H groups in total. The highest BCUT2D eigenvalue weighted by Gasteiger charge is 2.26. The molecular formula is C8H18O4Si. The van der Waals surface area contributed by atoms with Crippen LogP contribution in [-0.2, 0) is 14.2 Å². The highest BCUT2D eigenvalue weighted by Crippen LogP contribution is 2.09. The molecule has 0 aromatic rings. The lowest BCUT2D eigenvalue weighted by atomic mass is 10.4. The number of ether oxygens (including phenoxy) is 1. The van der Waals surface area contributed by atoms with Gasteiger partial charge in [-0.3, -0.25) is 0 Å². The maximum absolute atomic E-state index is 9.17. The van der Waals surface area contributed by atoms with Crippen LogP contribution in [-0.4, -0.2) is 26.8 Å². The molecule has 0 rings (SSSR count). The largest absolute Gasteiger partial charge is 0.479 e. The van der Waals surface area contributed by atoms with Crippen molar-refractivity contribution in [3.8, 4) is 0 Å². The quantitative estimate of drug-likeness (QED) is 0.324. The molecule has 78 valence electrons. The third kappa shape index (κ3) is 5.68. The zero-order chi connectivity index (χ0) is 10.5. The van der Waals surface area contributed by atoms with Gasteiger partial charge in [0.15, 0.2) is 0 Å². The average molecular weight is 206 g/mol. The van der Waals surface area contributed by atoms with Crippen molar-refractivity contribution >= 4 is 8.32 Å². The van der Waals surface area contributed by atoms with Gasteiger partial charge in [-0.2, -0.15) is 0 Å². The van der Waals surface area contributed by atoms with Crippen molar-refractivity contribution < 1.29 is 19.3 Å². The van der Waals surface area contributed by atoms with Crippen LogP contribution in [0.3, 0.4) is 0 Å². The molecule has 0 aromatic heterocycles. The Morgan fingerprint density at radius 2 is 1.85 bits per heavy atom. The molecule has 0 radical (unpaired) electrons. The predicted molar refractivity (Wildman–Crippen MR) is 52.5 cm³/mol. The Balaban J connectivity index is 3.95. The molecule has 0 spiro atoms. The van der Waals surface area contributed by atoms with E-state index in [1.807, 2.05) is 13.1 Å². The normalized spacial score (nSPS) is 11.2. The summed E-state index contributed by atoms with van der Waals surface area (Å²) in [5.74, 6) is -0.170. The second kappa shape index (κ2) is 5.26. The smallest absolute Gasteiger partial charge is 0.311 e. The van der Waals surface area contributed by atoms with Crippen LogP contribution in [0, 0.1) is 0 Å². The molecule has 0 fully saturated rings. The van der Waals surface area contributed by atoms with E-state index in [0.29, 0.717) is 11.8 Å². The number of rotatable bonds is 5. The standard InChI is InChI=1S/C8H18O4Si/c1-7(2)8(9)11-12-13(4,5)6-10-3/h9H,6H2,1-5H3. The number of methoxy groups -OCH3 is 1. The van der Waals surface area contributed by atoms with E-state index in [9.17, 15) is 5.11 Å². The zero-order valence-electron chi connectivity index (χ0n) is 8.88. The first-order chi connectivity index (χ1) is 5.89. The minimum Gasteiger partial charge on any atom is -0.479 e. The maximum Gasteiger partial charge on any atom is 0.311 e. The molecule has 5 heteroatoms. The van der Waals surface area contributed by atoms with Gasteiger partial charge < -0.3 is 14.7 Å². The first kappa shape index (κ1) is 12.5. The van der Waals surface area contributed by atoms with Gasteiger partial charge in [-0.25, -0.2) is 4.58 Å². The van der Waals surface area contributed by atoms with Crippen LogP contribution in [0.5, 0.6) is 0 Å². The third-order valence-electron chi connectivity index (χ3n) is 1.27. The molecule has 0 saturated heterocycles. The maximum atomic E-state index is 9.17. The van der Waals surface area contributed by atoms with Crippen molar-refractivity contribution in [2.24, 2.45) is 0 Å². The summed E-state index contributed by atoms with van der Waals surface area (Å²) < 4.78 is 10.1. The van der Waals surface area contributed by atoms with E-state index in [1.54, 1.807) is 21.0 Å². The lowest BCUT2D eigenvalue weighted by Crippen LogP contribution is -2.36. The van der Waals surface area contributed by atoms with Crippen molar-refractivity contribution in [3.05, 3.63) is 11.5 Å². The molecule has 13 heavy (non-hydrogen) atoms. The summed E-state index contributed by atoms with van der Waals surface area (Å²) in [6.45, 7) is 7.36. The van der Waals surface area contributed by atoms with Gasteiger partial charge in [0.1, 0.15) is 0 Å². The average Bonchev–Trinajstić information content (AvgIpc) is 2.00. The Kier molecular flexibility index (Phi) is 5.05. The molecule has 0 unspecified atom stereocenters. The summed E-state index contributed by atoms with van der Waals surface area (Å²) in [7, 11) is -0.341. The Labute approximate surface area is 80.2 Å². The van der Waals surface area contributed by atoms with Crippen LogP contribution in [0.25, 0.3) is 0 Å². The van der Waals surface area contributed by atoms with Gasteiger partial charge in [0.2, 0.25) is 0 Å². The summed E-state index contributed by atoms with van der Waals surface area (Å²) >= 11 is 0. The van der Waals surface area contributed by atoms with Crippen LogP contribution >= 0.6 is 0 Å². The van der Waals surface area contributed by atoms with E-state index >= 15 is 0 Å². The Hall–Kier alpha value is -0.523. The molecule has 0 heterocycles. The van der Waals surface area contributed by atoms with Crippen molar-refractivity contribution in [3.63, 3.8) is 0 Å². The summed E-state index contributed by atoms with van der Waals surface area (Å²) in [6, 6.07) is 0. The fourth-order valence-corrected chi connectivity index (χ4v) is 1.66. The summed E-state index contributed by atoms with van der Waals surface area (Å²) in [6.07, 6.45) is 0.531. The van der Waals surface area contributed by atoms with Crippen molar-refractivity contribution in [1.29, 1.82) is 0 Å². The monoisotopic (exact) mass is 206 g/mol. The Morgan fingerprint density at radius 3 is 2.23 bits per heavy atom. The van der Waals surface area contributed by atoms with Gasteiger partial charge in [-0.1, -0.05) is 0 Å². The Morgan fingerprint density at radius 1 is 1.31 bits per heavy atom. The van der Waals surface area contributed by atoms with E-state index in [2.05, 4.69) is 0 Å². The first-order valence-electron chi connectivity index (χ1n) is 4.10. The third-order valence-corrected chi connectivity index (χ3v) is 2.78. The molecule has 0 bridgehead atoms. The number of hydrogen-bond acceptors (Lipinski definition) is 4. The van der Waals surface area contributed by atoms with E-state index in [4.69, 9.17) is 14.2 Å². The molecule has 0 aromatic carbocycles. The molecule has 0 aliphatic rings. The van der Waals surface area contributed by atoms with E-state index < -0.39 is 8.32 Å². The number of hydrogen-bond donors (Lipinski definition) is 1. The molecule has 0 aliphatic carbocycles. The molecule has 4 nitrogen and oxygen atoms in total. The number of aliphatic hydroxyl groups excluding tert-OH is 1. The van der Waals surface area contributed by atoms with Crippen molar-refractivity contribution in [1.82, 2.24) is 0 Å². The minimum atomic E-state index is -1.95. The molecule has 0 atom stereocenters. The Bertz CT molecular complexity index is 185. The van der Waals surface area contributed by atoms with Crippen LogP contribution in [0.1, 0.15) is 13.8 Å². The van der Waals surface area contributed by atoms with Gasteiger partial charge >= 0.3 is 5.95 Å². The molecular weight excluding hydrogens is 188 g/mol. The van der Waals surface area contributed by atoms with E-state index in [-0.39, 0.29) is 5.95 Å². The molecule has 0 saturated carbocycles. The lowest BCUT2D eigenvalue weighted by molar-refractivity contribution is -0.215. The zero-order valence-corrected chi connectivity index (χ0v) is 9.88. The predicted octanol–water partition coefficient (Wildman–Crippen LogP) is 2.13. The van der Waals surface area contributed by atoms with Crippen molar-refractivity contribution in [2.75, 3.05) is 13.3 Å². The van der Waals surface area contributed by atoms with Crippen molar-refractivity contribution in [2.45, 2.75) is 26.9 Å². The summed E-state index contributed by atoms with van der Waals surface area (Å²) in [4.78, 5) is 4.74. The fraction of sp³-hybridized carbons (Fsp3) is 0.750. The van der Waals surface area contributed by atoms with Gasteiger partial charge in [-0.05, 0) is 26.9 Å². The topological polar surface area (TPSA) is 47.9 Å². The molecule has 0 aliphatic heterocycles. The summed E-state index contributed by atoms with van der Waals surface area (Å²) in [5.41, 5.74) is 0.683. The summed E-state index contributed by atoms with van der Waals surface area (Å²) in [5, 5.41) is 9.17. The van der Waals surface area contributed by atoms with Crippen LogP contribution in [0.4, 0.5) is 0 Å². The SMILES string of the molecule is COC[Si](C)(C)OOC(O)=C(C)C. The van der Waals surface area contributed by atoms with Gasteiger partial charge in [-0.15, -0.1) is 0 Å². The number of aliphatic hydroxyl groups is 1. The molecule has 0 amide bonds. The second-order valence-corrected chi connectivity index (χ2v) is 7.64. The number of allylic oxidation sites excluding steroid dienone is 1. The van der Waals surface area contributed by atoms with Crippen LogP contribution in [0.15, 0.2) is 11.5 Å². The fourth-order valence-electron chi connectivity index (χ4n) is 0.607. The lowest BCUT2D eigenvalue weighted by Gasteiger charge is -2.19. The van der Waals surface area contributed by atoms with Gasteiger partial charge in [0, 0.05) is 12.7 Å². The van der Waals surface area contributed by atoms with E-state index in [0.717, 1.165) is 0 Å². The van der Waals surface area contributed by atoms with Crippen LogP contribution in [0.2, 0.25) is 13.1 Å². The highest BCUT2D eigenvalue weighted by atomic mass is 28.4. The van der Waals surface area contributed by atoms with E-state index in [1.165, 1.54) is 0 Å². The van der Waals surface area contributed by atoms with Gasteiger partial charge in [0.25, 0.3) is 8.32 Å². The minimum absolute atomic E-state index is 0.170. The highest BCUT2D eigenvalue weighted by molar-refractivity contribution is 6.70. The van der Waals surface area contributed by atoms with Gasteiger partial charge in [0.05, 0.1) is 6.23 Å².